The van der Waals surface area contributed by atoms with Crippen LogP contribution in [0.2, 0.25) is 0 Å². The molecule has 4 rings (SSSR count). The first-order valence-electron chi connectivity index (χ1n) is 9.04. The molecule has 0 spiro atoms. The second kappa shape index (κ2) is 6.20. The molecule has 1 heterocycles. The Balaban J connectivity index is 1.36. The van der Waals surface area contributed by atoms with Gasteiger partial charge >= 0.3 is 0 Å². The molecule has 3 fully saturated rings. The molecule has 1 aliphatic heterocycles. The normalized spacial score (nSPS) is 32.2. The van der Waals surface area contributed by atoms with Gasteiger partial charge in [0, 0.05) is 37.8 Å². The highest BCUT2D eigenvalue weighted by Gasteiger charge is 2.50. The number of carbonyl (C=O) groups excluding carboxylic acids is 2. The molecule has 24 heavy (non-hydrogen) atoms. The van der Waals surface area contributed by atoms with E-state index in [1.54, 1.807) is 0 Å². The van der Waals surface area contributed by atoms with E-state index in [9.17, 15) is 9.59 Å². The van der Waals surface area contributed by atoms with Crippen molar-refractivity contribution in [1.82, 2.24) is 9.80 Å². The molecule has 1 saturated heterocycles. The molecule has 0 radical (unpaired) electrons. The van der Waals surface area contributed by atoms with Gasteiger partial charge in [-0.1, -0.05) is 18.2 Å². The van der Waals surface area contributed by atoms with Crippen LogP contribution in [0.25, 0.3) is 0 Å². The second-order valence-corrected chi connectivity index (χ2v) is 7.42. The minimum atomic E-state index is 0.0140. The van der Waals surface area contributed by atoms with Crippen molar-refractivity contribution < 1.29 is 9.59 Å². The Kier molecular flexibility index (Phi) is 4.04. The molecule has 2 aliphatic carbocycles. The Labute approximate surface area is 142 Å². The average Bonchev–Trinajstić information content (AvgIpc) is 3.23. The molecular weight excluding hydrogens is 302 g/mol. The molecule has 2 bridgehead atoms. The van der Waals surface area contributed by atoms with Crippen molar-refractivity contribution in [2.24, 2.45) is 23.5 Å². The van der Waals surface area contributed by atoms with Gasteiger partial charge in [0.05, 0.1) is 5.92 Å². The highest BCUT2D eigenvalue weighted by atomic mass is 16.2. The lowest BCUT2D eigenvalue weighted by Gasteiger charge is -2.38. The highest BCUT2D eigenvalue weighted by molar-refractivity contribution is 5.94. The molecular formula is C19H25N3O2. The maximum atomic E-state index is 12.9. The first-order chi connectivity index (χ1) is 11.6. The SMILES string of the molecule is NC1C2CCC(C2)C1C(=O)N1CCN(C(=O)c2ccccc2)CC1. The van der Waals surface area contributed by atoms with E-state index in [0.29, 0.717) is 43.6 Å². The van der Waals surface area contributed by atoms with Crippen LogP contribution in [0.3, 0.4) is 0 Å². The van der Waals surface area contributed by atoms with Crippen LogP contribution in [0.15, 0.2) is 30.3 Å². The Morgan fingerprint density at radius 2 is 1.54 bits per heavy atom. The number of hydrogen-bond acceptors (Lipinski definition) is 3. The van der Waals surface area contributed by atoms with E-state index in [1.807, 2.05) is 40.1 Å². The van der Waals surface area contributed by atoms with Crippen molar-refractivity contribution in [2.75, 3.05) is 26.2 Å². The summed E-state index contributed by atoms with van der Waals surface area (Å²) in [5, 5.41) is 0. The zero-order valence-corrected chi connectivity index (χ0v) is 13.9. The van der Waals surface area contributed by atoms with Crippen LogP contribution >= 0.6 is 0 Å². The molecule has 2 saturated carbocycles. The van der Waals surface area contributed by atoms with Gasteiger partial charge in [0.2, 0.25) is 5.91 Å². The fourth-order valence-corrected chi connectivity index (χ4v) is 4.81. The molecule has 5 heteroatoms. The van der Waals surface area contributed by atoms with Gasteiger partial charge in [-0.3, -0.25) is 9.59 Å². The van der Waals surface area contributed by atoms with Gasteiger partial charge in [-0.25, -0.2) is 0 Å². The van der Waals surface area contributed by atoms with Crippen molar-refractivity contribution in [3.8, 4) is 0 Å². The summed E-state index contributed by atoms with van der Waals surface area (Å²) in [4.78, 5) is 29.2. The van der Waals surface area contributed by atoms with E-state index < -0.39 is 0 Å². The number of nitrogens with zero attached hydrogens (tertiary/aromatic N) is 2. The minimum Gasteiger partial charge on any atom is -0.339 e. The van der Waals surface area contributed by atoms with Crippen molar-refractivity contribution in [2.45, 2.75) is 25.3 Å². The van der Waals surface area contributed by atoms with Gasteiger partial charge in [0.1, 0.15) is 0 Å². The molecule has 1 aromatic carbocycles. The summed E-state index contributed by atoms with van der Waals surface area (Å²) in [6.45, 7) is 2.46. The Hall–Kier alpha value is -1.88. The smallest absolute Gasteiger partial charge is 0.253 e. The molecule has 3 aliphatic rings. The Bertz CT molecular complexity index is 623. The Morgan fingerprint density at radius 1 is 0.917 bits per heavy atom. The van der Waals surface area contributed by atoms with Crippen LogP contribution in [0.4, 0.5) is 0 Å². The topological polar surface area (TPSA) is 66.6 Å². The number of nitrogens with two attached hydrogens (primary N) is 1. The summed E-state index contributed by atoms with van der Waals surface area (Å²) < 4.78 is 0. The van der Waals surface area contributed by atoms with Crippen LogP contribution in [0.1, 0.15) is 29.6 Å². The quantitative estimate of drug-likeness (QED) is 0.891. The molecule has 4 atom stereocenters. The first-order valence-corrected chi connectivity index (χ1v) is 9.04. The summed E-state index contributed by atoms with van der Waals surface area (Å²) in [5.74, 6) is 1.33. The van der Waals surface area contributed by atoms with E-state index in [2.05, 4.69) is 0 Å². The number of benzene rings is 1. The van der Waals surface area contributed by atoms with Crippen molar-refractivity contribution in [1.29, 1.82) is 0 Å². The molecule has 2 N–H and O–H groups in total. The minimum absolute atomic E-state index is 0.0140. The summed E-state index contributed by atoms with van der Waals surface area (Å²) in [6.07, 6.45) is 3.47. The molecule has 128 valence electrons. The van der Waals surface area contributed by atoms with E-state index in [1.165, 1.54) is 6.42 Å². The second-order valence-electron chi connectivity index (χ2n) is 7.42. The lowest BCUT2D eigenvalue weighted by Crippen LogP contribution is -2.54. The lowest BCUT2D eigenvalue weighted by atomic mass is 9.84. The van der Waals surface area contributed by atoms with E-state index in [0.717, 1.165) is 12.8 Å². The van der Waals surface area contributed by atoms with E-state index in [4.69, 9.17) is 5.73 Å². The standard InChI is InChI=1S/C19H25N3O2/c20-17-15-7-6-14(12-15)16(17)19(24)22-10-8-21(9-11-22)18(23)13-4-2-1-3-5-13/h1-5,14-17H,6-12,20H2. The third-order valence-corrected chi connectivity index (χ3v) is 6.17. The summed E-state index contributed by atoms with van der Waals surface area (Å²) in [5.41, 5.74) is 7.03. The molecule has 2 amide bonds. The highest BCUT2D eigenvalue weighted by Crippen LogP contribution is 2.48. The average molecular weight is 327 g/mol. The maximum Gasteiger partial charge on any atom is 0.253 e. The van der Waals surface area contributed by atoms with Crippen molar-refractivity contribution in [3.63, 3.8) is 0 Å². The maximum absolute atomic E-state index is 12.9. The number of fused-ring (bicyclic) bond motifs is 2. The Morgan fingerprint density at radius 3 is 2.17 bits per heavy atom. The van der Waals surface area contributed by atoms with Crippen molar-refractivity contribution >= 4 is 11.8 Å². The fourth-order valence-electron chi connectivity index (χ4n) is 4.81. The van der Waals surface area contributed by atoms with Gasteiger partial charge in [-0.2, -0.15) is 0 Å². The third kappa shape index (κ3) is 2.61. The molecule has 1 aromatic rings. The van der Waals surface area contributed by atoms with Crippen LogP contribution in [-0.4, -0.2) is 53.8 Å². The molecule has 5 nitrogen and oxygen atoms in total. The summed E-state index contributed by atoms with van der Waals surface area (Å²) in [6, 6.07) is 9.39. The van der Waals surface area contributed by atoms with Crippen LogP contribution < -0.4 is 5.73 Å². The zero-order valence-electron chi connectivity index (χ0n) is 13.9. The van der Waals surface area contributed by atoms with Gasteiger partial charge in [-0.05, 0) is 43.2 Å². The van der Waals surface area contributed by atoms with Gasteiger partial charge in [0.25, 0.3) is 5.91 Å². The van der Waals surface area contributed by atoms with Crippen LogP contribution in [-0.2, 0) is 4.79 Å². The largest absolute Gasteiger partial charge is 0.339 e. The molecule has 4 unspecified atom stereocenters. The summed E-state index contributed by atoms with van der Waals surface area (Å²) >= 11 is 0. The summed E-state index contributed by atoms with van der Waals surface area (Å²) in [7, 11) is 0. The number of hydrogen-bond donors (Lipinski definition) is 1. The fraction of sp³-hybridized carbons (Fsp3) is 0.579. The number of rotatable bonds is 2. The predicted molar refractivity (Wildman–Crippen MR) is 91.2 cm³/mol. The van der Waals surface area contributed by atoms with Gasteiger partial charge in [-0.15, -0.1) is 0 Å². The van der Waals surface area contributed by atoms with Crippen molar-refractivity contribution in [3.05, 3.63) is 35.9 Å². The van der Waals surface area contributed by atoms with Gasteiger partial charge in [0.15, 0.2) is 0 Å². The lowest BCUT2D eigenvalue weighted by molar-refractivity contribution is -0.139. The number of carbonyl (C=O) groups is 2. The molecule has 0 aromatic heterocycles. The van der Waals surface area contributed by atoms with E-state index >= 15 is 0 Å². The monoisotopic (exact) mass is 327 g/mol. The van der Waals surface area contributed by atoms with E-state index in [-0.39, 0.29) is 23.8 Å². The number of piperazine rings is 1. The number of amides is 2. The van der Waals surface area contributed by atoms with Crippen LogP contribution in [0, 0.1) is 17.8 Å². The van der Waals surface area contributed by atoms with Gasteiger partial charge < -0.3 is 15.5 Å². The first kappa shape index (κ1) is 15.6. The third-order valence-electron chi connectivity index (χ3n) is 6.17. The van der Waals surface area contributed by atoms with Crippen LogP contribution in [0.5, 0.6) is 0 Å². The zero-order chi connectivity index (χ0) is 16.7. The predicted octanol–water partition coefficient (Wildman–Crippen LogP) is 1.34.